The maximum Gasteiger partial charge on any atom is 0.472 e. The van der Waals surface area contributed by atoms with E-state index in [0.717, 1.165) is 0 Å². The summed E-state index contributed by atoms with van der Waals surface area (Å²) < 4.78 is 89.6. The van der Waals surface area contributed by atoms with Crippen molar-refractivity contribution in [1.82, 2.24) is 30.7 Å². The van der Waals surface area contributed by atoms with Crippen LogP contribution in [0.4, 0.5) is 0 Å². The molecule has 0 radical (unpaired) electrons. The van der Waals surface area contributed by atoms with Crippen LogP contribution in [0, 0.1) is 17.8 Å². The van der Waals surface area contributed by atoms with Gasteiger partial charge in [-0.3, -0.25) is 46.9 Å². The summed E-state index contributed by atoms with van der Waals surface area (Å²) in [6, 6.07) is -2.34. The second-order valence-electron chi connectivity index (χ2n) is 29.4. The van der Waals surface area contributed by atoms with E-state index in [1.54, 1.807) is 25.7 Å². The number of β-amino-alcohol motifs (C(OH)–C–C–N with tert-alkyl or cyclic N) is 1. The molecule has 6 saturated heterocycles. The number of aliphatic hydroxyl groups excluding tert-OH is 10. The number of carbonyl (C=O) groups excluding carboxylic acids is 6. The molecule has 626 valence electrons. The van der Waals surface area contributed by atoms with Gasteiger partial charge in [-0.2, -0.15) is 0 Å². The Bertz CT molecular complexity index is 2810. The van der Waals surface area contributed by atoms with Gasteiger partial charge in [0.25, 0.3) is 0 Å². The Hall–Kier alpha value is -3.64. The Morgan fingerprint density at radius 1 is 0.426 bits per heavy atom. The van der Waals surface area contributed by atoms with E-state index in [2.05, 4.69) is 16.0 Å². The number of aliphatic hydroxyl groups is 10. The van der Waals surface area contributed by atoms with Crippen molar-refractivity contribution in [3.63, 3.8) is 0 Å². The maximum absolute atomic E-state index is 14.1. The predicted molar refractivity (Wildman–Crippen MR) is 380 cm³/mol. The topological polar surface area (TPSA) is 527 Å². The molecule has 15 N–H and O–H groups in total. The smallest absolute Gasteiger partial charge is 0.394 e. The molecule has 6 fully saturated rings. The SMILES string of the molecule is CC(C)OC[C@@H]1C[C@@H](OP(=O)(O)OC[C@@H]2C[C@@H](OP(=O)(O)OC[C@@H]3C[C@@H](O)CN3C(=O)CCCCCNC(=O)CCCO[C@@H]3OC(CO)[C@H](O)[C@H](O)C3C)CN2C(=O)CCCCCNC(=O)CCCO[C@@H]2OC(CO)[C@H](O)[C@H](O)C2C)CN1C(=O)CCCCCNC(=O)CCCO[C@@H]1OC(CO)[C@H](O)[C@H](O)C1C. The molecule has 0 aromatic rings. The van der Waals surface area contributed by atoms with Gasteiger partial charge in [-0.15, -0.1) is 0 Å². The maximum atomic E-state index is 14.1. The number of nitrogens with zero attached hydrogens (tertiary/aromatic N) is 3. The summed E-state index contributed by atoms with van der Waals surface area (Å²) in [7, 11) is -9.94. The van der Waals surface area contributed by atoms with Crippen LogP contribution in [0.5, 0.6) is 0 Å². The lowest BCUT2D eigenvalue weighted by molar-refractivity contribution is -0.282. The standard InChI is InChI=1S/C69H124N6O31P2/c1-42(2)99-39-47-31-50(34-74(47)59(84)22-10-7-13-25-71-56(81)19-16-28-97-68-44(4)62(87)65(90)53(37-77)103-68)105-108(94,95)101-41-48-32-51(35-75(48)60(85)23-11-8-14-26-72-57(82)20-17-29-98-69-45(5)63(88)66(91)54(38-78)104-69)106-107(92,93)100-40-46-30-49(79)33-73(46)58(83)21-9-6-12-24-70-55(80)18-15-27-96-67-43(3)61(86)64(89)52(36-76)102-67/h42-54,61-69,76-79,86-91H,6-41H2,1-5H3,(H,70,80)(H,71,81)(H,72,82)(H,92,93)(H,94,95)/t43?,44?,45?,46-,47-,48-,49+,50+,51+,52?,53?,54?,61+,62+,63+,64-,65-,66-,67+,68+,69+/m0/s1. The lowest BCUT2D eigenvalue weighted by Gasteiger charge is -2.40. The van der Waals surface area contributed by atoms with E-state index in [9.17, 15) is 98.7 Å². The van der Waals surface area contributed by atoms with Crippen molar-refractivity contribution >= 4 is 51.1 Å². The summed E-state index contributed by atoms with van der Waals surface area (Å²) in [4.78, 5) is 106. The second kappa shape index (κ2) is 47.3. The minimum Gasteiger partial charge on any atom is -0.394 e. The Kier molecular flexibility index (Phi) is 40.8. The average Bonchev–Trinajstić information content (AvgIpc) is 1.22. The van der Waals surface area contributed by atoms with Crippen molar-refractivity contribution in [2.24, 2.45) is 17.8 Å². The third-order valence-corrected chi connectivity index (χ3v) is 22.5. The number of carbonyl (C=O) groups is 6. The molecule has 0 aromatic carbocycles. The van der Waals surface area contributed by atoms with Crippen LogP contribution in [0.3, 0.4) is 0 Å². The highest BCUT2D eigenvalue weighted by molar-refractivity contribution is 7.47. The minimum absolute atomic E-state index is 0.0332. The summed E-state index contributed by atoms with van der Waals surface area (Å²) in [6.45, 7) is 7.02. The highest BCUT2D eigenvalue weighted by Gasteiger charge is 2.48. The van der Waals surface area contributed by atoms with Crippen LogP contribution < -0.4 is 16.0 Å². The summed E-state index contributed by atoms with van der Waals surface area (Å²) >= 11 is 0. The Morgan fingerprint density at radius 3 is 1.06 bits per heavy atom. The van der Waals surface area contributed by atoms with Crippen LogP contribution in [-0.4, -0.2) is 326 Å². The molecule has 0 aromatic heterocycles. The normalized spacial score (nSPS) is 32.1. The first-order valence-corrected chi connectivity index (χ1v) is 41.4. The molecule has 6 rings (SSSR count). The van der Waals surface area contributed by atoms with Crippen molar-refractivity contribution in [3.05, 3.63) is 0 Å². The lowest BCUT2D eigenvalue weighted by Crippen LogP contribution is -2.55. The Morgan fingerprint density at radius 2 is 0.741 bits per heavy atom. The van der Waals surface area contributed by atoms with Gasteiger partial charge >= 0.3 is 15.6 Å². The number of rotatable bonds is 49. The van der Waals surface area contributed by atoms with Gasteiger partial charge in [0.2, 0.25) is 35.4 Å². The molecule has 6 aliphatic heterocycles. The highest BCUT2D eigenvalue weighted by atomic mass is 31.2. The van der Waals surface area contributed by atoms with E-state index >= 15 is 0 Å². The summed E-state index contributed by atoms with van der Waals surface area (Å²) in [5.74, 6) is -3.44. The molecule has 39 heteroatoms. The van der Waals surface area contributed by atoms with Crippen LogP contribution in [0.2, 0.25) is 0 Å². The summed E-state index contributed by atoms with van der Waals surface area (Å²) in [5.41, 5.74) is 0. The highest BCUT2D eigenvalue weighted by Crippen LogP contribution is 2.50. The van der Waals surface area contributed by atoms with Gasteiger partial charge < -0.3 is 125 Å². The number of hydrogen-bond acceptors (Lipinski definition) is 29. The largest absolute Gasteiger partial charge is 0.472 e. The summed E-state index contributed by atoms with van der Waals surface area (Å²) in [6.07, 6.45) is -10.2. The van der Waals surface area contributed by atoms with Crippen LogP contribution in [-0.2, 0) is 89.2 Å². The van der Waals surface area contributed by atoms with Crippen LogP contribution >= 0.6 is 15.6 Å². The molecule has 37 nitrogen and oxygen atoms in total. The van der Waals surface area contributed by atoms with Crippen LogP contribution in [0.25, 0.3) is 0 Å². The number of phosphoric ester groups is 2. The third-order valence-electron chi connectivity index (χ3n) is 20.4. The fraction of sp³-hybridized carbons (Fsp3) is 0.913. The minimum atomic E-state index is -4.98. The molecule has 23 atom stereocenters. The first-order chi connectivity index (χ1) is 51.3. The van der Waals surface area contributed by atoms with Crippen molar-refractivity contribution in [1.29, 1.82) is 0 Å². The van der Waals surface area contributed by atoms with Crippen molar-refractivity contribution in [2.45, 2.75) is 286 Å². The van der Waals surface area contributed by atoms with E-state index in [1.165, 1.54) is 9.80 Å². The number of amides is 6. The molecule has 0 saturated carbocycles. The number of likely N-dealkylation sites (tertiary alicyclic amines) is 3. The Balaban J connectivity index is 0.946. The molecular formula is C69H124N6O31P2. The van der Waals surface area contributed by atoms with Crippen molar-refractivity contribution < 1.29 is 150 Å². The zero-order valence-corrected chi connectivity index (χ0v) is 64.8. The van der Waals surface area contributed by atoms with Crippen molar-refractivity contribution in [3.8, 4) is 0 Å². The molecule has 0 bridgehead atoms. The van der Waals surface area contributed by atoms with Crippen LogP contribution in [0.15, 0.2) is 0 Å². The van der Waals surface area contributed by atoms with Gasteiger partial charge in [-0.1, -0.05) is 40.0 Å². The lowest BCUT2D eigenvalue weighted by atomic mass is 9.92. The van der Waals surface area contributed by atoms with Gasteiger partial charge in [0, 0.05) is 95.5 Å². The summed E-state index contributed by atoms with van der Waals surface area (Å²) in [5, 5.41) is 109. The van der Waals surface area contributed by atoms with E-state index in [4.69, 9.17) is 51.3 Å². The number of nitrogens with one attached hydrogen (secondary N) is 3. The number of hydrogen-bond donors (Lipinski definition) is 15. The van der Waals surface area contributed by atoms with Gasteiger partial charge in [-0.25, -0.2) is 9.13 Å². The number of ether oxygens (including phenoxy) is 7. The zero-order valence-electron chi connectivity index (χ0n) is 63.0. The molecular weight excluding hydrogens is 1470 g/mol. The quantitative estimate of drug-likeness (QED) is 0.0263. The van der Waals surface area contributed by atoms with Gasteiger partial charge in [0.05, 0.1) is 120 Å². The monoisotopic (exact) mass is 1590 g/mol. The van der Waals surface area contributed by atoms with Gasteiger partial charge in [0.1, 0.15) is 36.6 Å². The van der Waals surface area contributed by atoms with E-state index in [1.807, 2.05) is 13.8 Å². The first-order valence-electron chi connectivity index (χ1n) is 38.4. The first kappa shape index (κ1) is 93.2. The van der Waals surface area contributed by atoms with Gasteiger partial charge in [0.15, 0.2) is 18.9 Å². The second-order valence-corrected chi connectivity index (χ2v) is 32.2. The van der Waals surface area contributed by atoms with Crippen molar-refractivity contribution in [2.75, 3.05) is 98.7 Å². The average molecular weight is 1600 g/mol. The molecule has 6 heterocycles. The zero-order chi connectivity index (χ0) is 79.3. The van der Waals surface area contributed by atoms with E-state index in [-0.39, 0.29) is 146 Å². The number of unbranched alkanes of at least 4 members (excludes halogenated alkanes) is 6. The van der Waals surface area contributed by atoms with Gasteiger partial charge in [-0.05, 0) is 90.9 Å². The van der Waals surface area contributed by atoms with E-state index < -0.39 is 183 Å². The third kappa shape index (κ3) is 30.6. The molecule has 0 spiro atoms. The molecule has 0 aliphatic carbocycles. The molecule has 108 heavy (non-hydrogen) atoms. The molecule has 6 aliphatic rings. The fourth-order valence-electron chi connectivity index (χ4n) is 13.9. The predicted octanol–water partition coefficient (Wildman–Crippen LogP) is -0.775. The van der Waals surface area contributed by atoms with E-state index in [0.29, 0.717) is 90.1 Å². The molecule has 8 unspecified atom stereocenters. The fourth-order valence-corrected chi connectivity index (χ4v) is 15.8. The Labute approximate surface area is 631 Å². The number of phosphoric acid groups is 2. The molecule has 6 amide bonds. The van der Waals surface area contributed by atoms with Crippen LogP contribution in [0.1, 0.15) is 169 Å².